The molecule has 0 spiro atoms. The number of hydrogen-bond donors (Lipinski definition) is 2. The van der Waals surface area contributed by atoms with Gasteiger partial charge < -0.3 is 20.5 Å². The van der Waals surface area contributed by atoms with Gasteiger partial charge in [-0.2, -0.15) is 0 Å². The van der Waals surface area contributed by atoms with Gasteiger partial charge in [-0.15, -0.1) is 0 Å². The van der Waals surface area contributed by atoms with Gasteiger partial charge in [0.2, 0.25) is 0 Å². The van der Waals surface area contributed by atoms with Gasteiger partial charge in [-0.05, 0) is 37.6 Å². The van der Waals surface area contributed by atoms with Crippen LogP contribution in [0, 0.1) is 0 Å². The minimum absolute atomic E-state index is 0.356. The Bertz CT molecular complexity index is 404. The second kappa shape index (κ2) is 9.07. The smallest absolute Gasteiger partial charge is 0.188 e. The summed E-state index contributed by atoms with van der Waals surface area (Å²) >= 11 is 0. The molecule has 1 aromatic carbocycles. The predicted molar refractivity (Wildman–Crippen MR) is 82.5 cm³/mol. The van der Waals surface area contributed by atoms with Crippen LogP contribution in [-0.2, 0) is 0 Å². The van der Waals surface area contributed by atoms with E-state index in [1.165, 1.54) is 0 Å². The molecule has 0 aromatic heterocycles. The Kier molecular flexibility index (Phi) is 7.32. The first-order valence-electron chi connectivity index (χ1n) is 6.99. The summed E-state index contributed by atoms with van der Waals surface area (Å²) in [6.07, 6.45) is 1.85. The lowest BCUT2D eigenvalue weighted by Gasteiger charge is -2.11. The van der Waals surface area contributed by atoms with Crippen LogP contribution in [0.3, 0.4) is 0 Å². The zero-order valence-electron chi connectivity index (χ0n) is 12.6. The molecule has 0 aliphatic carbocycles. The van der Waals surface area contributed by atoms with Crippen LogP contribution in [0.1, 0.15) is 26.7 Å². The first-order valence-corrected chi connectivity index (χ1v) is 6.99. The number of aliphatic imine (C=N–C) groups is 1. The average molecular weight is 279 g/mol. The van der Waals surface area contributed by atoms with E-state index in [9.17, 15) is 0 Å². The number of nitrogens with zero attached hydrogens (tertiary/aromatic N) is 1. The van der Waals surface area contributed by atoms with Crippen LogP contribution in [0.4, 0.5) is 0 Å². The lowest BCUT2D eigenvalue weighted by atomic mass is 10.3. The Balaban J connectivity index is 2.19. The monoisotopic (exact) mass is 279 g/mol. The summed E-state index contributed by atoms with van der Waals surface area (Å²) in [6.45, 7) is 5.46. The maximum Gasteiger partial charge on any atom is 0.188 e. The summed E-state index contributed by atoms with van der Waals surface area (Å²) in [5.74, 6) is 2.16. The minimum atomic E-state index is 0.356. The third-order valence-electron chi connectivity index (χ3n) is 2.92. The van der Waals surface area contributed by atoms with Gasteiger partial charge in [0.1, 0.15) is 11.5 Å². The van der Waals surface area contributed by atoms with Gasteiger partial charge in [-0.3, -0.25) is 4.99 Å². The molecule has 3 N–H and O–H groups in total. The number of nitrogens with two attached hydrogens (primary N) is 1. The Morgan fingerprint density at radius 1 is 1.30 bits per heavy atom. The van der Waals surface area contributed by atoms with Gasteiger partial charge in [0, 0.05) is 19.0 Å². The standard InChI is InChI=1S/C15H25N3O2/c1-4-12(2)18-15(16)17-10-5-11-20-14-8-6-13(19-3)7-9-14/h6-9,12H,4-5,10-11H2,1-3H3,(H3,16,17,18). The number of nitrogens with one attached hydrogen (secondary N) is 1. The van der Waals surface area contributed by atoms with Crippen LogP contribution in [-0.4, -0.2) is 32.3 Å². The highest BCUT2D eigenvalue weighted by atomic mass is 16.5. The maximum atomic E-state index is 5.76. The van der Waals surface area contributed by atoms with Crippen molar-refractivity contribution in [1.82, 2.24) is 5.32 Å². The lowest BCUT2D eigenvalue weighted by Crippen LogP contribution is -2.38. The Morgan fingerprint density at radius 2 is 1.95 bits per heavy atom. The van der Waals surface area contributed by atoms with E-state index in [0.29, 0.717) is 25.2 Å². The van der Waals surface area contributed by atoms with Crippen molar-refractivity contribution in [3.63, 3.8) is 0 Å². The fourth-order valence-corrected chi connectivity index (χ4v) is 1.53. The molecule has 5 heteroatoms. The quantitative estimate of drug-likeness (QED) is 0.435. The number of ether oxygens (including phenoxy) is 2. The highest BCUT2D eigenvalue weighted by molar-refractivity contribution is 5.78. The zero-order valence-corrected chi connectivity index (χ0v) is 12.6. The second-order valence-electron chi connectivity index (χ2n) is 4.60. The third kappa shape index (κ3) is 6.31. The van der Waals surface area contributed by atoms with Gasteiger partial charge >= 0.3 is 0 Å². The van der Waals surface area contributed by atoms with E-state index in [1.807, 2.05) is 24.3 Å². The van der Waals surface area contributed by atoms with Gasteiger partial charge in [0.25, 0.3) is 0 Å². The van der Waals surface area contributed by atoms with Crippen molar-refractivity contribution < 1.29 is 9.47 Å². The summed E-state index contributed by atoms with van der Waals surface area (Å²) in [5, 5.41) is 3.12. The van der Waals surface area contributed by atoms with Gasteiger partial charge in [-0.1, -0.05) is 6.92 Å². The lowest BCUT2D eigenvalue weighted by molar-refractivity contribution is 0.312. The van der Waals surface area contributed by atoms with Gasteiger partial charge in [0.05, 0.1) is 13.7 Å². The predicted octanol–water partition coefficient (Wildman–Crippen LogP) is 2.17. The molecule has 0 radical (unpaired) electrons. The fraction of sp³-hybridized carbons (Fsp3) is 0.533. The summed E-state index contributed by atoms with van der Waals surface area (Å²) in [7, 11) is 1.64. The maximum absolute atomic E-state index is 5.76. The molecule has 1 unspecified atom stereocenters. The van der Waals surface area contributed by atoms with Crippen LogP contribution in [0.2, 0.25) is 0 Å². The normalized spacial score (nSPS) is 12.8. The number of benzene rings is 1. The molecule has 1 aromatic rings. The van der Waals surface area contributed by atoms with Crippen LogP contribution in [0.5, 0.6) is 11.5 Å². The van der Waals surface area contributed by atoms with E-state index in [1.54, 1.807) is 7.11 Å². The molecule has 1 atom stereocenters. The number of hydrogen-bond acceptors (Lipinski definition) is 3. The van der Waals surface area contributed by atoms with Gasteiger partial charge in [0.15, 0.2) is 5.96 Å². The van der Waals surface area contributed by atoms with Crippen LogP contribution in [0.25, 0.3) is 0 Å². The molecule has 0 fully saturated rings. The second-order valence-corrected chi connectivity index (χ2v) is 4.60. The highest BCUT2D eigenvalue weighted by Gasteiger charge is 1.98. The largest absolute Gasteiger partial charge is 0.497 e. The first kappa shape index (κ1) is 16.1. The van der Waals surface area contributed by atoms with Crippen molar-refractivity contribution in [3.05, 3.63) is 24.3 Å². The number of rotatable bonds is 8. The van der Waals surface area contributed by atoms with E-state index in [4.69, 9.17) is 15.2 Å². The number of methoxy groups -OCH3 is 1. The fourth-order valence-electron chi connectivity index (χ4n) is 1.53. The first-order chi connectivity index (χ1) is 9.65. The van der Waals surface area contributed by atoms with E-state index < -0.39 is 0 Å². The SMILES string of the molecule is CCC(C)NC(N)=NCCCOc1ccc(OC)cc1. The summed E-state index contributed by atoms with van der Waals surface area (Å²) in [6, 6.07) is 7.89. The van der Waals surface area contributed by atoms with Crippen molar-refractivity contribution in [1.29, 1.82) is 0 Å². The van der Waals surface area contributed by atoms with Crippen molar-refractivity contribution in [2.75, 3.05) is 20.3 Å². The molecule has 0 aliphatic heterocycles. The topological polar surface area (TPSA) is 68.9 Å². The van der Waals surface area contributed by atoms with E-state index in [2.05, 4.69) is 24.2 Å². The van der Waals surface area contributed by atoms with Crippen molar-refractivity contribution in [2.24, 2.45) is 10.7 Å². The van der Waals surface area contributed by atoms with Crippen molar-refractivity contribution in [2.45, 2.75) is 32.7 Å². The summed E-state index contributed by atoms with van der Waals surface area (Å²) in [4.78, 5) is 4.25. The molecular formula is C15H25N3O2. The molecule has 1 rings (SSSR count). The van der Waals surface area contributed by atoms with Crippen LogP contribution < -0.4 is 20.5 Å². The molecule has 20 heavy (non-hydrogen) atoms. The Labute approximate surface area is 121 Å². The molecule has 0 aliphatic rings. The third-order valence-corrected chi connectivity index (χ3v) is 2.92. The average Bonchev–Trinajstić information content (AvgIpc) is 2.47. The number of guanidine groups is 1. The summed E-state index contributed by atoms with van der Waals surface area (Å²) in [5.41, 5.74) is 5.76. The molecule has 0 bridgehead atoms. The highest BCUT2D eigenvalue weighted by Crippen LogP contribution is 2.16. The van der Waals surface area contributed by atoms with Crippen molar-refractivity contribution in [3.8, 4) is 11.5 Å². The Hall–Kier alpha value is -1.91. The zero-order chi connectivity index (χ0) is 14.8. The van der Waals surface area contributed by atoms with Crippen molar-refractivity contribution >= 4 is 5.96 Å². The molecule has 0 saturated heterocycles. The van der Waals surface area contributed by atoms with Crippen LogP contribution >= 0.6 is 0 Å². The molecule has 0 saturated carbocycles. The molecule has 112 valence electrons. The van der Waals surface area contributed by atoms with E-state index >= 15 is 0 Å². The van der Waals surface area contributed by atoms with E-state index in [0.717, 1.165) is 24.3 Å². The molecule has 0 amide bonds. The van der Waals surface area contributed by atoms with E-state index in [-0.39, 0.29) is 0 Å². The summed E-state index contributed by atoms with van der Waals surface area (Å²) < 4.78 is 10.7. The molecule has 0 heterocycles. The van der Waals surface area contributed by atoms with Gasteiger partial charge in [-0.25, -0.2) is 0 Å². The van der Waals surface area contributed by atoms with Crippen LogP contribution in [0.15, 0.2) is 29.3 Å². The Morgan fingerprint density at radius 3 is 2.55 bits per heavy atom. The minimum Gasteiger partial charge on any atom is -0.497 e. The molecular weight excluding hydrogens is 254 g/mol. The molecule has 5 nitrogen and oxygen atoms in total.